The predicted octanol–water partition coefficient (Wildman–Crippen LogP) is 2.68. The first kappa shape index (κ1) is 12.2. The molecule has 2 aliphatic rings. The normalized spacial score (nSPS) is 27.7. The second-order valence-electron chi connectivity index (χ2n) is 5.77. The molecular formula is C15H17NO3. The van der Waals surface area contributed by atoms with E-state index in [0.29, 0.717) is 5.69 Å². The van der Waals surface area contributed by atoms with Crippen molar-refractivity contribution in [1.29, 1.82) is 0 Å². The first-order chi connectivity index (χ1) is 9.04. The predicted molar refractivity (Wildman–Crippen MR) is 71.1 cm³/mol. The molecule has 19 heavy (non-hydrogen) atoms. The van der Waals surface area contributed by atoms with Gasteiger partial charge in [-0.25, -0.2) is 4.79 Å². The van der Waals surface area contributed by atoms with Crippen molar-refractivity contribution in [2.24, 2.45) is 17.8 Å². The number of benzene rings is 1. The lowest BCUT2D eigenvalue weighted by molar-refractivity contribution is -0.120. The largest absolute Gasteiger partial charge is 0.478 e. The van der Waals surface area contributed by atoms with Crippen molar-refractivity contribution in [1.82, 2.24) is 0 Å². The number of carboxylic acids is 1. The van der Waals surface area contributed by atoms with Gasteiger partial charge in [-0.05, 0) is 50.2 Å². The van der Waals surface area contributed by atoms with Crippen molar-refractivity contribution in [3.8, 4) is 0 Å². The number of carbonyl (C=O) groups is 2. The molecule has 2 aliphatic carbocycles. The van der Waals surface area contributed by atoms with Crippen molar-refractivity contribution in [3.05, 3.63) is 29.3 Å². The van der Waals surface area contributed by atoms with Gasteiger partial charge in [0.05, 0.1) is 11.3 Å². The van der Waals surface area contributed by atoms with Crippen LogP contribution in [0.15, 0.2) is 18.2 Å². The third kappa shape index (κ3) is 2.35. The Balaban J connectivity index is 1.75. The van der Waals surface area contributed by atoms with E-state index >= 15 is 0 Å². The average Bonchev–Trinajstić information content (AvgIpc) is 2.98. The highest BCUT2D eigenvalue weighted by molar-refractivity contribution is 6.01. The molecule has 1 aromatic carbocycles. The van der Waals surface area contributed by atoms with Gasteiger partial charge in [0.15, 0.2) is 0 Å². The molecule has 2 fully saturated rings. The number of fused-ring (bicyclic) bond motifs is 1. The summed E-state index contributed by atoms with van der Waals surface area (Å²) in [4.78, 5) is 23.3. The lowest BCUT2D eigenvalue weighted by Crippen LogP contribution is -2.22. The van der Waals surface area contributed by atoms with Gasteiger partial charge in [-0.15, -0.1) is 0 Å². The van der Waals surface area contributed by atoms with Gasteiger partial charge in [0.2, 0.25) is 5.91 Å². The molecule has 4 heteroatoms. The van der Waals surface area contributed by atoms with Crippen LogP contribution in [0.5, 0.6) is 0 Å². The van der Waals surface area contributed by atoms with E-state index < -0.39 is 5.97 Å². The zero-order valence-electron chi connectivity index (χ0n) is 10.8. The fourth-order valence-electron chi connectivity index (χ4n) is 3.11. The van der Waals surface area contributed by atoms with Crippen LogP contribution in [0.3, 0.4) is 0 Å². The number of hydrogen-bond donors (Lipinski definition) is 2. The second kappa shape index (κ2) is 4.37. The third-order valence-corrected chi connectivity index (χ3v) is 4.28. The van der Waals surface area contributed by atoms with E-state index in [0.717, 1.165) is 30.2 Å². The molecule has 0 bridgehead atoms. The van der Waals surface area contributed by atoms with Gasteiger partial charge < -0.3 is 10.4 Å². The molecule has 2 unspecified atom stereocenters. The van der Waals surface area contributed by atoms with Crippen LogP contribution in [0.25, 0.3) is 0 Å². The maximum atomic E-state index is 12.1. The van der Waals surface area contributed by atoms with E-state index in [1.807, 2.05) is 13.0 Å². The fourth-order valence-corrected chi connectivity index (χ4v) is 3.11. The van der Waals surface area contributed by atoms with Crippen LogP contribution >= 0.6 is 0 Å². The smallest absolute Gasteiger partial charge is 0.337 e. The highest BCUT2D eigenvalue weighted by atomic mass is 16.4. The molecule has 0 saturated heterocycles. The first-order valence-electron chi connectivity index (χ1n) is 6.69. The Labute approximate surface area is 111 Å². The minimum atomic E-state index is -1.01. The average molecular weight is 259 g/mol. The molecule has 0 aromatic heterocycles. The summed E-state index contributed by atoms with van der Waals surface area (Å²) in [6, 6.07) is 5.07. The SMILES string of the molecule is Cc1ccc(NC(=O)C2CC3CC3C2)c(C(=O)O)c1. The zero-order valence-corrected chi connectivity index (χ0v) is 10.8. The molecule has 2 N–H and O–H groups in total. The molecule has 1 amide bonds. The monoisotopic (exact) mass is 259 g/mol. The molecule has 0 radical (unpaired) electrons. The summed E-state index contributed by atoms with van der Waals surface area (Å²) >= 11 is 0. The van der Waals surface area contributed by atoms with E-state index in [-0.39, 0.29) is 17.4 Å². The number of carboxylic acid groups (broad SMARTS) is 1. The number of anilines is 1. The van der Waals surface area contributed by atoms with Crippen molar-refractivity contribution in [3.63, 3.8) is 0 Å². The Morgan fingerprint density at radius 1 is 1.21 bits per heavy atom. The Morgan fingerprint density at radius 3 is 2.53 bits per heavy atom. The lowest BCUT2D eigenvalue weighted by atomic mass is 10.0. The highest BCUT2D eigenvalue weighted by Crippen LogP contribution is 2.54. The summed E-state index contributed by atoms with van der Waals surface area (Å²) in [6.07, 6.45) is 3.20. The van der Waals surface area contributed by atoms with E-state index in [4.69, 9.17) is 5.11 Å². The summed E-state index contributed by atoms with van der Waals surface area (Å²) in [5.74, 6) is 0.513. The van der Waals surface area contributed by atoms with Gasteiger partial charge in [0.1, 0.15) is 0 Å². The number of nitrogens with one attached hydrogen (secondary N) is 1. The molecule has 0 heterocycles. The van der Waals surface area contributed by atoms with Gasteiger partial charge in [0, 0.05) is 5.92 Å². The Morgan fingerprint density at radius 2 is 1.89 bits per heavy atom. The number of amides is 1. The summed E-state index contributed by atoms with van der Waals surface area (Å²) in [5.41, 5.74) is 1.44. The van der Waals surface area contributed by atoms with E-state index in [1.165, 1.54) is 6.42 Å². The van der Waals surface area contributed by atoms with Gasteiger partial charge in [0.25, 0.3) is 0 Å². The minimum Gasteiger partial charge on any atom is -0.478 e. The number of hydrogen-bond acceptors (Lipinski definition) is 2. The number of carbonyl (C=O) groups excluding carboxylic acids is 1. The second-order valence-corrected chi connectivity index (χ2v) is 5.77. The Hall–Kier alpha value is -1.84. The highest BCUT2D eigenvalue weighted by Gasteiger charge is 2.48. The number of rotatable bonds is 3. The van der Waals surface area contributed by atoms with Gasteiger partial charge in [-0.3, -0.25) is 4.79 Å². The van der Waals surface area contributed by atoms with Crippen LogP contribution in [0.1, 0.15) is 35.2 Å². The third-order valence-electron chi connectivity index (χ3n) is 4.28. The van der Waals surface area contributed by atoms with Crippen molar-refractivity contribution in [2.75, 3.05) is 5.32 Å². The topological polar surface area (TPSA) is 66.4 Å². The van der Waals surface area contributed by atoms with Crippen molar-refractivity contribution in [2.45, 2.75) is 26.2 Å². The maximum Gasteiger partial charge on any atom is 0.337 e. The lowest BCUT2D eigenvalue weighted by Gasteiger charge is -2.14. The van der Waals surface area contributed by atoms with Gasteiger partial charge >= 0.3 is 5.97 Å². The molecule has 3 rings (SSSR count). The van der Waals surface area contributed by atoms with Crippen LogP contribution in [0.2, 0.25) is 0 Å². The molecule has 4 nitrogen and oxygen atoms in total. The van der Waals surface area contributed by atoms with Gasteiger partial charge in [-0.1, -0.05) is 11.6 Å². The maximum absolute atomic E-state index is 12.1. The quantitative estimate of drug-likeness (QED) is 0.877. The molecule has 2 saturated carbocycles. The van der Waals surface area contributed by atoms with Gasteiger partial charge in [-0.2, -0.15) is 0 Å². The van der Waals surface area contributed by atoms with E-state index in [9.17, 15) is 9.59 Å². The standard InChI is InChI=1S/C15H17NO3/c1-8-2-3-13(12(4-8)15(18)19)16-14(17)11-6-9-5-10(9)7-11/h2-4,9-11H,5-7H2,1H3,(H,16,17)(H,18,19). The minimum absolute atomic E-state index is 0.0291. The van der Waals surface area contributed by atoms with Crippen LogP contribution in [0.4, 0.5) is 5.69 Å². The van der Waals surface area contributed by atoms with E-state index in [1.54, 1.807) is 12.1 Å². The Kier molecular flexibility index (Phi) is 2.81. The molecule has 100 valence electrons. The Bertz CT molecular complexity index is 542. The van der Waals surface area contributed by atoms with E-state index in [2.05, 4.69) is 5.32 Å². The van der Waals surface area contributed by atoms with Crippen molar-refractivity contribution >= 4 is 17.6 Å². The van der Waals surface area contributed by atoms with Crippen LogP contribution in [0, 0.1) is 24.7 Å². The molecule has 2 atom stereocenters. The molecule has 1 aromatic rings. The van der Waals surface area contributed by atoms with Crippen LogP contribution in [-0.4, -0.2) is 17.0 Å². The number of aryl methyl sites for hydroxylation is 1. The summed E-state index contributed by atoms with van der Waals surface area (Å²) in [5, 5.41) is 11.9. The summed E-state index contributed by atoms with van der Waals surface area (Å²) in [6.45, 7) is 1.84. The zero-order chi connectivity index (χ0) is 13.6. The number of aromatic carboxylic acids is 1. The van der Waals surface area contributed by atoms with Crippen LogP contribution < -0.4 is 5.32 Å². The molecule has 0 spiro atoms. The molecular weight excluding hydrogens is 242 g/mol. The summed E-state index contributed by atoms with van der Waals surface area (Å²) in [7, 11) is 0. The molecule has 0 aliphatic heterocycles. The summed E-state index contributed by atoms with van der Waals surface area (Å²) < 4.78 is 0. The fraction of sp³-hybridized carbons (Fsp3) is 0.467. The first-order valence-corrected chi connectivity index (χ1v) is 6.69. The van der Waals surface area contributed by atoms with Crippen LogP contribution in [-0.2, 0) is 4.79 Å². The van der Waals surface area contributed by atoms with Crippen molar-refractivity contribution < 1.29 is 14.7 Å².